The van der Waals surface area contributed by atoms with Crippen LogP contribution < -0.4 is 10.5 Å². The second kappa shape index (κ2) is 6.35. The second-order valence-electron chi connectivity index (χ2n) is 4.85. The fourth-order valence-electron chi connectivity index (χ4n) is 2.01. The molecule has 5 heteroatoms. The van der Waals surface area contributed by atoms with Crippen LogP contribution in [-0.2, 0) is 6.42 Å². The Labute approximate surface area is 107 Å². The highest BCUT2D eigenvalue weighted by Gasteiger charge is 2.14. The third-order valence-corrected chi connectivity index (χ3v) is 2.73. The van der Waals surface area contributed by atoms with E-state index in [0.717, 1.165) is 12.0 Å². The quantitative estimate of drug-likeness (QED) is 0.623. The molecule has 0 aliphatic carbocycles. The van der Waals surface area contributed by atoms with Gasteiger partial charge in [-0.3, -0.25) is 10.1 Å². The van der Waals surface area contributed by atoms with Crippen LogP contribution in [0.2, 0.25) is 0 Å². The summed E-state index contributed by atoms with van der Waals surface area (Å²) >= 11 is 0. The summed E-state index contributed by atoms with van der Waals surface area (Å²) in [6.07, 6.45) is 1.47. The predicted octanol–water partition coefficient (Wildman–Crippen LogP) is 2.52. The largest absolute Gasteiger partial charge is 0.496 e. The summed E-state index contributed by atoms with van der Waals surface area (Å²) in [6.45, 7) is 4.20. The first-order valence-corrected chi connectivity index (χ1v) is 6.01. The molecule has 18 heavy (non-hydrogen) atoms. The topological polar surface area (TPSA) is 78.4 Å². The zero-order valence-corrected chi connectivity index (χ0v) is 11.1. The molecule has 0 saturated heterocycles. The molecular weight excluding hydrogens is 232 g/mol. The smallest absolute Gasteiger partial charge is 0.269 e. The van der Waals surface area contributed by atoms with E-state index in [9.17, 15) is 10.1 Å². The first kappa shape index (κ1) is 14.4. The van der Waals surface area contributed by atoms with E-state index in [4.69, 9.17) is 10.5 Å². The highest BCUT2D eigenvalue weighted by Crippen LogP contribution is 2.25. The third-order valence-electron chi connectivity index (χ3n) is 2.73. The lowest BCUT2D eigenvalue weighted by molar-refractivity contribution is -0.384. The number of benzene rings is 1. The van der Waals surface area contributed by atoms with Gasteiger partial charge in [0.15, 0.2) is 0 Å². The van der Waals surface area contributed by atoms with Crippen molar-refractivity contribution in [1.29, 1.82) is 0 Å². The molecule has 0 amide bonds. The number of nitrogens with zero attached hydrogens (tertiary/aromatic N) is 1. The molecule has 0 aromatic heterocycles. The average Bonchev–Trinajstić information content (AvgIpc) is 2.27. The van der Waals surface area contributed by atoms with Gasteiger partial charge in [-0.15, -0.1) is 0 Å². The van der Waals surface area contributed by atoms with Gasteiger partial charge in [-0.05, 0) is 24.8 Å². The number of non-ortho nitro benzene ring substituents is 1. The van der Waals surface area contributed by atoms with Crippen LogP contribution in [0.3, 0.4) is 0 Å². The first-order chi connectivity index (χ1) is 8.43. The normalized spacial score (nSPS) is 12.5. The van der Waals surface area contributed by atoms with E-state index >= 15 is 0 Å². The molecule has 1 aromatic carbocycles. The lowest BCUT2D eigenvalue weighted by atomic mass is 9.97. The zero-order chi connectivity index (χ0) is 13.7. The van der Waals surface area contributed by atoms with E-state index in [2.05, 4.69) is 13.8 Å². The molecule has 0 spiro atoms. The van der Waals surface area contributed by atoms with Crippen LogP contribution in [0.4, 0.5) is 5.69 Å². The van der Waals surface area contributed by atoms with Crippen molar-refractivity contribution in [3.05, 3.63) is 33.9 Å². The number of nitro groups is 1. The van der Waals surface area contributed by atoms with Gasteiger partial charge in [0.2, 0.25) is 0 Å². The SMILES string of the molecule is COc1ccc([N+](=O)[O-])cc1CC(N)CC(C)C. The van der Waals surface area contributed by atoms with Crippen molar-refractivity contribution in [3.8, 4) is 5.75 Å². The minimum atomic E-state index is -0.406. The lowest BCUT2D eigenvalue weighted by Crippen LogP contribution is -2.25. The molecule has 0 heterocycles. The first-order valence-electron chi connectivity index (χ1n) is 6.01. The number of rotatable bonds is 6. The molecule has 1 aromatic rings. The van der Waals surface area contributed by atoms with Crippen molar-refractivity contribution in [2.45, 2.75) is 32.7 Å². The number of ether oxygens (including phenoxy) is 1. The van der Waals surface area contributed by atoms with Gasteiger partial charge < -0.3 is 10.5 Å². The van der Waals surface area contributed by atoms with E-state index in [-0.39, 0.29) is 11.7 Å². The Balaban J connectivity index is 2.90. The molecule has 5 nitrogen and oxygen atoms in total. The zero-order valence-electron chi connectivity index (χ0n) is 11.1. The van der Waals surface area contributed by atoms with E-state index in [0.29, 0.717) is 18.1 Å². The van der Waals surface area contributed by atoms with Gasteiger partial charge in [-0.25, -0.2) is 0 Å². The maximum Gasteiger partial charge on any atom is 0.269 e. The van der Waals surface area contributed by atoms with Crippen molar-refractivity contribution in [1.82, 2.24) is 0 Å². The summed E-state index contributed by atoms with van der Waals surface area (Å²) in [5.74, 6) is 1.16. The summed E-state index contributed by atoms with van der Waals surface area (Å²) in [7, 11) is 1.55. The highest BCUT2D eigenvalue weighted by atomic mass is 16.6. The van der Waals surface area contributed by atoms with E-state index in [1.54, 1.807) is 19.2 Å². The molecule has 0 radical (unpaired) electrons. The van der Waals surface area contributed by atoms with Crippen molar-refractivity contribution in [2.24, 2.45) is 11.7 Å². The van der Waals surface area contributed by atoms with Gasteiger partial charge in [0.1, 0.15) is 5.75 Å². The van der Waals surface area contributed by atoms with Crippen molar-refractivity contribution in [3.63, 3.8) is 0 Å². The Bertz CT molecular complexity index is 419. The van der Waals surface area contributed by atoms with Gasteiger partial charge in [0.25, 0.3) is 5.69 Å². The molecule has 0 bridgehead atoms. The molecule has 2 N–H and O–H groups in total. The molecule has 0 fully saturated rings. The van der Waals surface area contributed by atoms with E-state index < -0.39 is 4.92 Å². The third kappa shape index (κ3) is 4.00. The second-order valence-corrected chi connectivity index (χ2v) is 4.85. The van der Waals surface area contributed by atoms with E-state index in [1.165, 1.54) is 6.07 Å². The minimum Gasteiger partial charge on any atom is -0.496 e. The fraction of sp³-hybridized carbons (Fsp3) is 0.538. The summed E-state index contributed by atoms with van der Waals surface area (Å²) in [5.41, 5.74) is 6.89. The van der Waals surface area contributed by atoms with Crippen LogP contribution in [0.25, 0.3) is 0 Å². The molecule has 100 valence electrons. The van der Waals surface area contributed by atoms with Gasteiger partial charge in [0.05, 0.1) is 12.0 Å². The van der Waals surface area contributed by atoms with Crippen LogP contribution in [0.1, 0.15) is 25.8 Å². The van der Waals surface area contributed by atoms with Gasteiger partial charge >= 0.3 is 0 Å². The van der Waals surface area contributed by atoms with Crippen LogP contribution >= 0.6 is 0 Å². The number of methoxy groups -OCH3 is 1. The van der Waals surface area contributed by atoms with Gasteiger partial charge in [-0.1, -0.05) is 13.8 Å². The van der Waals surface area contributed by atoms with Crippen LogP contribution in [0.5, 0.6) is 5.75 Å². The number of hydrogen-bond acceptors (Lipinski definition) is 4. The Hall–Kier alpha value is -1.62. The Morgan fingerprint density at radius 2 is 2.11 bits per heavy atom. The Morgan fingerprint density at radius 1 is 1.44 bits per heavy atom. The summed E-state index contributed by atoms with van der Waals surface area (Å²) in [4.78, 5) is 10.3. The number of nitrogens with two attached hydrogens (primary N) is 1. The van der Waals surface area contributed by atoms with Crippen molar-refractivity contribution in [2.75, 3.05) is 7.11 Å². The van der Waals surface area contributed by atoms with Crippen molar-refractivity contribution < 1.29 is 9.66 Å². The standard InChI is InChI=1S/C13H20N2O3/c1-9(2)6-11(14)7-10-8-12(15(16)17)4-5-13(10)18-3/h4-5,8-9,11H,6-7,14H2,1-3H3. The average molecular weight is 252 g/mol. The summed E-state index contributed by atoms with van der Waals surface area (Å²) in [5, 5.41) is 10.7. The molecule has 1 unspecified atom stereocenters. The Kier molecular flexibility index (Phi) is 5.09. The summed E-state index contributed by atoms with van der Waals surface area (Å²) in [6, 6.07) is 4.59. The monoisotopic (exact) mass is 252 g/mol. The molecular formula is C13H20N2O3. The number of hydrogen-bond donors (Lipinski definition) is 1. The van der Waals surface area contributed by atoms with Crippen molar-refractivity contribution >= 4 is 5.69 Å². The number of nitro benzene ring substituents is 1. The molecule has 1 rings (SSSR count). The lowest BCUT2D eigenvalue weighted by Gasteiger charge is -2.15. The van der Waals surface area contributed by atoms with E-state index in [1.807, 2.05) is 0 Å². The Morgan fingerprint density at radius 3 is 2.61 bits per heavy atom. The van der Waals surface area contributed by atoms with Gasteiger partial charge in [0, 0.05) is 23.7 Å². The van der Waals surface area contributed by atoms with Crippen LogP contribution in [0, 0.1) is 16.0 Å². The highest BCUT2D eigenvalue weighted by molar-refractivity contribution is 5.44. The van der Waals surface area contributed by atoms with Crippen LogP contribution in [0.15, 0.2) is 18.2 Å². The molecule has 0 aliphatic heterocycles. The molecule has 0 aliphatic rings. The summed E-state index contributed by atoms with van der Waals surface area (Å²) < 4.78 is 5.21. The predicted molar refractivity (Wildman–Crippen MR) is 70.8 cm³/mol. The molecule has 0 saturated carbocycles. The fourth-order valence-corrected chi connectivity index (χ4v) is 2.01. The maximum absolute atomic E-state index is 10.7. The van der Waals surface area contributed by atoms with Gasteiger partial charge in [-0.2, -0.15) is 0 Å². The molecule has 1 atom stereocenters. The van der Waals surface area contributed by atoms with Crippen LogP contribution in [-0.4, -0.2) is 18.1 Å². The maximum atomic E-state index is 10.7. The minimum absolute atomic E-state index is 0.0131.